The van der Waals surface area contributed by atoms with E-state index in [4.69, 9.17) is 5.11 Å². The van der Waals surface area contributed by atoms with Gasteiger partial charge in [-0.1, -0.05) is 0 Å². The first kappa shape index (κ1) is 12.0. The highest BCUT2D eigenvalue weighted by Gasteiger charge is 2.37. The second-order valence-electron chi connectivity index (χ2n) is 5.13. The van der Waals surface area contributed by atoms with Crippen molar-refractivity contribution >= 4 is 22.8 Å². The summed E-state index contributed by atoms with van der Waals surface area (Å²) in [7, 11) is 3.92. The number of carbonyl (C=O) groups is 1. The molecule has 6 nitrogen and oxygen atoms in total. The molecule has 0 bridgehead atoms. The van der Waals surface area contributed by atoms with Gasteiger partial charge in [-0.3, -0.25) is 4.79 Å². The number of carboxylic acid groups (broad SMARTS) is 1. The van der Waals surface area contributed by atoms with Crippen LogP contribution >= 0.6 is 0 Å². The molecule has 2 heterocycles. The molecule has 0 aromatic carbocycles. The first-order valence-corrected chi connectivity index (χ1v) is 6.29. The number of hydrogen-bond donors (Lipinski definition) is 1. The largest absolute Gasteiger partial charge is 0.481 e. The van der Waals surface area contributed by atoms with E-state index in [0.717, 1.165) is 16.9 Å². The van der Waals surface area contributed by atoms with Gasteiger partial charge in [-0.2, -0.15) is 0 Å². The Morgan fingerprint density at radius 1 is 1.47 bits per heavy atom. The zero-order valence-corrected chi connectivity index (χ0v) is 10.9. The van der Waals surface area contributed by atoms with E-state index < -0.39 is 5.97 Å². The lowest BCUT2D eigenvalue weighted by Gasteiger charge is -2.39. The van der Waals surface area contributed by atoms with E-state index >= 15 is 0 Å². The summed E-state index contributed by atoms with van der Waals surface area (Å²) in [4.78, 5) is 21.5. The number of aryl methyl sites for hydroxylation is 1. The number of nitrogens with zero attached hydrogens (tertiary/aromatic N) is 4. The molecule has 1 N–H and O–H groups in total. The first-order valence-electron chi connectivity index (χ1n) is 6.29. The standard InChI is InChI=1S/C13H16N4O2/c1-16-4-3-10-11(16)14-7-15-12(10)17(2)9-5-8(6-9)13(18)19/h3-4,7-9H,5-6H2,1-2H3,(H,18,19). The Labute approximate surface area is 110 Å². The summed E-state index contributed by atoms with van der Waals surface area (Å²) in [6.07, 6.45) is 4.88. The molecule has 1 aliphatic carbocycles. The molecular formula is C13H16N4O2. The van der Waals surface area contributed by atoms with Gasteiger partial charge in [0, 0.05) is 26.3 Å². The van der Waals surface area contributed by atoms with Crippen molar-refractivity contribution in [3.05, 3.63) is 18.6 Å². The molecule has 0 spiro atoms. The highest BCUT2D eigenvalue weighted by Crippen LogP contribution is 2.35. The van der Waals surface area contributed by atoms with Gasteiger partial charge in [-0.25, -0.2) is 9.97 Å². The summed E-state index contributed by atoms with van der Waals surface area (Å²) in [6, 6.07) is 2.24. The van der Waals surface area contributed by atoms with E-state index in [1.807, 2.05) is 30.9 Å². The van der Waals surface area contributed by atoms with Gasteiger partial charge in [-0.15, -0.1) is 0 Å². The summed E-state index contributed by atoms with van der Waals surface area (Å²) >= 11 is 0. The third kappa shape index (κ3) is 1.83. The summed E-state index contributed by atoms with van der Waals surface area (Å²) in [6.45, 7) is 0. The Kier molecular flexibility index (Phi) is 2.66. The Morgan fingerprint density at radius 3 is 2.89 bits per heavy atom. The van der Waals surface area contributed by atoms with Crippen molar-refractivity contribution in [2.75, 3.05) is 11.9 Å². The third-order valence-electron chi connectivity index (χ3n) is 3.98. The van der Waals surface area contributed by atoms with Crippen LogP contribution in [0.4, 0.5) is 5.82 Å². The first-order chi connectivity index (χ1) is 9.08. The van der Waals surface area contributed by atoms with Gasteiger partial charge in [-0.05, 0) is 18.9 Å². The molecule has 2 aromatic heterocycles. The molecule has 0 unspecified atom stereocenters. The number of aromatic nitrogens is 3. The van der Waals surface area contributed by atoms with Crippen LogP contribution in [-0.4, -0.2) is 38.7 Å². The van der Waals surface area contributed by atoms with Gasteiger partial charge in [0.15, 0.2) is 0 Å². The molecule has 100 valence electrons. The van der Waals surface area contributed by atoms with Crippen LogP contribution in [0.1, 0.15) is 12.8 Å². The molecule has 0 aliphatic heterocycles. The molecule has 2 aromatic rings. The lowest BCUT2D eigenvalue weighted by molar-refractivity contribution is -0.145. The summed E-state index contributed by atoms with van der Waals surface area (Å²) in [5, 5.41) is 9.94. The lowest BCUT2D eigenvalue weighted by Crippen LogP contribution is -2.45. The van der Waals surface area contributed by atoms with Crippen LogP contribution in [0.5, 0.6) is 0 Å². The van der Waals surface area contributed by atoms with Crippen LogP contribution in [0, 0.1) is 5.92 Å². The monoisotopic (exact) mass is 260 g/mol. The van der Waals surface area contributed by atoms with Crippen molar-refractivity contribution in [1.82, 2.24) is 14.5 Å². The number of anilines is 1. The average molecular weight is 260 g/mol. The van der Waals surface area contributed by atoms with Crippen LogP contribution in [-0.2, 0) is 11.8 Å². The van der Waals surface area contributed by atoms with Crippen molar-refractivity contribution < 1.29 is 9.90 Å². The predicted molar refractivity (Wildman–Crippen MR) is 71.1 cm³/mol. The fraction of sp³-hybridized carbons (Fsp3) is 0.462. The maximum absolute atomic E-state index is 10.9. The fourth-order valence-electron chi connectivity index (χ4n) is 2.62. The summed E-state index contributed by atoms with van der Waals surface area (Å²) in [5.41, 5.74) is 0.894. The normalized spacial score (nSPS) is 22.2. The van der Waals surface area contributed by atoms with E-state index in [-0.39, 0.29) is 12.0 Å². The maximum Gasteiger partial charge on any atom is 0.306 e. The number of fused-ring (bicyclic) bond motifs is 1. The molecule has 0 amide bonds. The second-order valence-corrected chi connectivity index (χ2v) is 5.13. The minimum absolute atomic E-state index is 0.208. The van der Waals surface area contributed by atoms with Crippen LogP contribution in [0.3, 0.4) is 0 Å². The molecule has 0 radical (unpaired) electrons. The van der Waals surface area contributed by atoms with E-state index in [0.29, 0.717) is 12.8 Å². The van der Waals surface area contributed by atoms with Crippen molar-refractivity contribution in [3.63, 3.8) is 0 Å². The minimum atomic E-state index is -0.697. The zero-order chi connectivity index (χ0) is 13.6. The quantitative estimate of drug-likeness (QED) is 0.899. The molecule has 3 rings (SSSR count). The van der Waals surface area contributed by atoms with E-state index in [9.17, 15) is 4.79 Å². The van der Waals surface area contributed by atoms with E-state index in [1.54, 1.807) is 6.33 Å². The number of rotatable bonds is 3. The highest BCUT2D eigenvalue weighted by molar-refractivity contribution is 5.88. The zero-order valence-electron chi connectivity index (χ0n) is 10.9. The van der Waals surface area contributed by atoms with Gasteiger partial charge in [0.1, 0.15) is 17.8 Å². The Hall–Kier alpha value is -2.11. The van der Waals surface area contributed by atoms with Crippen LogP contribution in [0.15, 0.2) is 18.6 Å². The molecule has 19 heavy (non-hydrogen) atoms. The third-order valence-corrected chi connectivity index (χ3v) is 3.98. The van der Waals surface area contributed by atoms with Crippen LogP contribution < -0.4 is 4.90 Å². The van der Waals surface area contributed by atoms with E-state index in [1.165, 1.54) is 0 Å². The van der Waals surface area contributed by atoms with Crippen molar-refractivity contribution in [2.24, 2.45) is 13.0 Å². The molecule has 0 saturated heterocycles. The second kappa shape index (κ2) is 4.22. The molecule has 6 heteroatoms. The summed E-state index contributed by atoms with van der Waals surface area (Å²) in [5.74, 6) is -0.0304. The van der Waals surface area contributed by atoms with Gasteiger partial charge < -0.3 is 14.6 Å². The smallest absolute Gasteiger partial charge is 0.306 e. The maximum atomic E-state index is 10.9. The Balaban J connectivity index is 1.87. The summed E-state index contributed by atoms with van der Waals surface area (Å²) < 4.78 is 1.95. The van der Waals surface area contributed by atoms with Crippen LogP contribution in [0.25, 0.3) is 11.0 Å². The molecular weight excluding hydrogens is 244 g/mol. The van der Waals surface area contributed by atoms with Gasteiger partial charge in [0.25, 0.3) is 0 Å². The van der Waals surface area contributed by atoms with Gasteiger partial charge in [0.2, 0.25) is 0 Å². The highest BCUT2D eigenvalue weighted by atomic mass is 16.4. The average Bonchev–Trinajstić information content (AvgIpc) is 2.69. The van der Waals surface area contributed by atoms with Crippen molar-refractivity contribution in [2.45, 2.75) is 18.9 Å². The molecule has 1 saturated carbocycles. The molecule has 0 atom stereocenters. The lowest BCUT2D eigenvalue weighted by atomic mass is 9.79. The number of aliphatic carboxylic acids is 1. The van der Waals surface area contributed by atoms with Crippen LogP contribution in [0.2, 0.25) is 0 Å². The molecule has 1 aliphatic rings. The van der Waals surface area contributed by atoms with Crippen molar-refractivity contribution in [1.29, 1.82) is 0 Å². The Bertz CT molecular complexity index is 631. The SMILES string of the molecule is CN(c1ncnc2c1ccn2C)C1CC(C(=O)O)C1. The Morgan fingerprint density at radius 2 is 2.21 bits per heavy atom. The minimum Gasteiger partial charge on any atom is -0.481 e. The van der Waals surface area contributed by atoms with Gasteiger partial charge in [0.05, 0.1) is 11.3 Å². The predicted octanol–water partition coefficient (Wildman–Crippen LogP) is 1.27. The number of hydrogen-bond acceptors (Lipinski definition) is 4. The fourth-order valence-corrected chi connectivity index (χ4v) is 2.62. The van der Waals surface area contributed by atoms with Gasteiger partial charge >= 0.3 is 5.97 Å². The van der Waals surface area contributed by atoms with Crippen molar-refractivity contribution in [3.8, 4) is 0 Å². The molecule has 1 fully saturated rings. The topological polar surface area (TPSA) is 71.2 Å². The number of carboxylic acids is 1. The van der Waals surface area contributed by atoms with E-state index in [2.05, 4.69) is 14.9 Å².